The Hall–Kier alpha value is -2.83. The molecule has 0 atom stereocenters. The van der Waals surface area contributed by atoms with E-state index in [1.807, 2.05) is 17.9 Å². The second kappa shape index (κ2) is 11.1. The van der Waals surface area contributed by atoms with E-state index in [2.05, 4.69) is 5.32 Å². The van der Waals surface area contributed by atoms with Gasteiger partial charge in [0.05, 0.1) is 6.61 Å². The Kier molecular flexibility index (Phi) is 8.52. The van der Waals surface area contributed by atoms with Crippen LogP contribution in [0.1, 0.15) is 43.5 Å². The van der Waals surface area contributed by atoms with Gasteiger partial charge in [-0.05, 0) is 62.4 Å². The van der Waals surface area contributed by atoms with E-state index < -0.39 is 6.16 Å². The van der Waals surface area contributed by atoms with Gasteiger partial charge < -0.3 is 19.7 Å². The van der Waals surface area contributed by atoms with Gasteiger partial charge in [-0.1, -0.05) is 13.0 Å². The number of carbonyl (C=O) groups is 3. The Morgan fingerprint density at radius 1 is 1.14 bits per heavy atom. The third-order valence-electron chi connectivity index (χ3n) is 4.55. The molecule has 1 aliphatic rings. The summed E-state index contributed by atoms with van der Waals surface area (Å²) in [5.41, 5.74) is 0.494. The summed E-state index contributed by atoms with van der Waals surface area (Å²) in [6, 6.07) is 6.32. The fourth-order valence-electron chi connectivity index (χ4n) is 2.94. The Morgan fingerprint density at radius 2 is 1.82 bits per heavy atom. The number of likely N-dealkylation sites (tertiary alicyclic amines) is 1. The molecule has 1 aromatic carbocycles. The van der Waals surface area contributed by atoms with Gasteiger partial charge in [-0.25, -0.2) is 4.79 Å². The summed E-state index contributed by atoms with van der Waals surface area (Å²) in [5.74, 6) is 0.570. The summed E-state index contributed by atoms with van der Waals surface area (Å²) >= 11 is 0. The largest absolute Gasteiger partial charge is 0.513 e. The lowest BCUT2D eigenvalue weighted by atomic mass is 9.96. The number of amides is 2. The van der Waals surface area contributed by atoms with Crippen molar-refractivity contribution in [1.82, 2.24) is 10.2 Å². The first-order chi connectivity index (χ1) is 13.5. The van der Waals surface area contributed by atoms with E-state index in [0.717, 1.165) is 19.3 Å². The maximum Gasteiger partial charge on any atom is 0.513 e. The highest BCUT2D eigenvalue weighted by Gasteiger charge is 2.22. The zero-order chi connectivity index (χ0) is 20.4. The number of ether oxygens (including phenoxy) is 2. The van der Waals surface area contributed by atoms with Gasteiger partial charge in [-0.2, -0.15) is 0 Å². The lowest BCUT2D eigenvalue weighted by Crippen LogP contribution is -2.41. The van der Waals surface area contributed by atoms with E-state index >= 15 is 0 Å². The fraction of sp³-hybridized carbons (Fsp3) is 0.476. The zero-order valence-corrected chi connectivity index (χ0v) is 16.5. The molecule has 1 fully saturated rings. The van der Waals surface area contributed by atoms with Crippen molar-refractivity contribution in [3.63, 3.8) is 0 Å². The highest BCUT2D eigenvalue weighted by Crippen LogP contribution is 2.17. The molecule has 0 saturated carbocycles. The van der Waals surface area contributed by atoms with E-state index in [9.17, 15) is 14.4 Å². The minimum absolute atomic E-state index is 0.0643. The highest BCUT2D eigenvalue weighted by atomic mass is 16.7. The molecule has 1 aromatic rings. The van der Waals surface area contributed by atoms with Crippen LogP contribution in [0.2, 0.25) is 0 Å². The van der Waals surface area contributed by atoms with Crippen LogP contribution < -0.4 is 10.1 Å². The molecule has 7 nitrogen and oxygen atoms in total. The SMILES string of the molecule is CC/C=C/C(=O)N1CCC(CNC(=O)c2ccc(OC(=O)OCC)cc2)CC1. The predicted octanol–water partition coefficient (Wildman–Crippen LogP) is 3.16. The Morgan fingerprint density at radius 3 is 2.43 bits per heavy atom. The molecular formula is C21H28N2O5. The smallest absolute Gasteiger partial charge is 0.434 e. The molecule has 1 heterocycles. The number of hydrogen-bond donors (Lipinski definition) is 1. The van der Waals surface area contributed by atoms with Crippen LogP contribution in [0.15, 0.2) is 36.4 Å². The van der Waals surface area contributed by atoms with Crippen molar-refractivity contribution in [1.29, 1.82) is 0 Å². The average molecular weight is 388 g/mol. The molecule has 1 aliphatic heterocycles. The van der Waals surface area contributed by atoms with E-state index in [1.54, 1.807) is 37.3 Å². The van der Waals surface area contributed by atoms with Crippen molar-refractivity contribution in [2.45, 2.75) is 33.1 Å². The molecule has 1 N–H and O–H groups in total. The molecule has 0 aliphatic carbocycles. The number of rotatable bonds is 7. The maximum atomic E-state index is 12.3. The molecule has 2 amide bonds. The molecular weight excluding hydrogens is 360 g/mol. The summed E-state index contributed by atoms with van der Waals surface area (Å²) in [6.45, 7) is 5.94. The molecule has 0 radical (unpaired) electrons. The monoisotopic (exact) mass is 388 g/mol. The van der Waals surface area contributed by atoms with Crippen LogP contribution in [0, 0.1) is 5.92 Å². The van der Waals surface area contributed by atoms with E-state index in [0.29, 0.717) is 36.9 Å². The molecule has 0 spiro atoms. The van der Waals surface area contributed by atoms with Gasteiger partial charge in [0.25, 0.3) is 5.91 Å². The summed E-state index contributed by atoms with van der Waals surface area (Å²) in [5, 5.41) is 2.94. The molecule has 152 valence electrons. The van der Waals surface area contributed by atoms with Gasteiger partial charge in [0.1, 0.15) is 5.75 Å². The molecule has 28 heavy (non-hydrogen) atoms. The molecule has 7 heteroatoms. The van der Waals surface area contributed by atoms with Crippen molar-refractivity contribution in [2.24, 2.45) is 5.92 Å². The quantitative estimate of drug-likeness (QED) is 0.441. The van der Waals surface area contributed by atoms with Crippen LogP contribution in [0.3, 0.4) is 0 Å². The Labute approximate surface area is 165 Å². The Bertz CT molecular complexity index is 691. The standard InChI is InChI=1S/C21H28N2O5/c1-3-5-6-19(24)23-13-11-16(12-14-23)15-22-20(25)17-7-9-18(10-8-17)28-21(26)27-4-2/h5-10,16H,3-4,11-15H2,1-2H3,(H,22,25)/b6-5+. The van der Waals surface area contributed by atoms with Crippen LogP contribution >= 0.6 is 0 Å². The lowest BCUT2D eigenvalue weighted by Gasteiger charge is -2.31. The third-order valence-corrected chi connectivity index (χ3v) is 4.55. The van der Waals surface area contributed by atoms with Gasteiger partial charge in [0.15, 0.2) is 0 Å². The second-order valence-corrected chi connectivity index (χ2v) is 6.60. The van der Waals surface area contributed by atoms with Crippen LogP contribution in [0.25, 0.3) is 0 Å². The Balaban J connectivity index is 1.75. The normalized spacial score (nSPS) is 14.7. The van der Waals surface area contributed by atoms with Crippen LogP contribution in [-0.4, -0.2) is 49.1 Å². The van der Waals surface area contributed by atoms with Crippen molar-refractivity contribution in [2.75, 3.05) is 26.2 Å². The number of hydrogen-bond acceptors (Lipinski definition) is 5. The molecule has 0 bridgehead atoms. The van der Waals surface area contributed by atoms with Crippen molar-refractivity contribution >= 4 is 18.0 Å². The zero-order valence-electron chi connectivity index (χ0n) is 16.5. The van der Waals surface area contributed by atoms with Crippen molar-refractivity contribution in [3.05, 3.63) is 42.0 Å². The van der Waals surface area contributed by atoms with Crippen LogP contribution in [0.5, 0.6) is 5.75 Å². The second-order valence-electron chi connectivity index (χ2n) is 6.60. The van der Waals surface area contributed by atoms with Crippen LogP contribution in [0.4, 0.5) is 4.79 Å². The van der Waals surface area contributed by atoms with Crippen molar-refractivity contribution in [3.8, 4) is 5.75 Å². The number of benzene rings is 1. The van der Waals surface area contributed by atoms with Crippen molar-refractivity contribution < 1.29 is 23.9 Å². The summed E-state index contributed by atoms with van der Waals surface area (Å²) in [7, 11) is 0. The summed E-state index contributed by atoms with van der Waals surface area (Å²) < 4.78 is 9.67. The van der Waals surface area contributed by atoms with Gasteiger partial charge in [-0.15, -0.1) is 0 Å². The lowest BCUT2D eigenvalue weighted by molar-refractivity contribution is -0.127. The van der Waals surface area contributed by atoms with Gasteiger partial charge in [0, 0.05) is 25.2 Å². The average Bonchev–Trinajstić information content (AvgIpc) is 2.71. The van der Waals surface area contributed by atoms with E-state index in [1.165, 1.54) is 0 Å². The van der Waals surface area contributed by atoms with Gasteiger partial charge in [-0.3, -0.25) is 9.59 Å². The number of piperidine rings is 1. The molecule has 2 rings (SSSR count). The third kappa shape index (κ3) is 6.72. The topological polar surface area (TPSA) is 84.9 Å². The van der Waals surface area contributed by atoms with Crippen LogP contribution in [-0.2, 0) is 9.53 Å². The minimum Gasteiger partial charge on any atom is -0.434 e. The molecule has 0 aromatic heterocycles. The maximum absolute atomic E-state index is 12.3. The van der Waals surface area contributed by atoms with Gasteiger partial charge >= 0.3 is 6.16 Å². The first-order valence-corrected chi connectivity index (χ1v) is 9.71. The number of nitrogens with one attached hydrogen (secondary N) is 1. The number of allylic oxidation sites excluding steroid dienone is 1. The van der Waals surface area contributed by atoms with E-state index in [4.69, 9.17) is 9.47 Å². The summed E-state index contributed by atoms with van der Waals surface area (Å²) in [6.07, 6.45) is 5.34. The fourth-order valence-corrected chi connectivity index (χ4v) is 2.94. The highest BCUT2D eigenvalue weighted by molar-refractivity contribution is 5.94. The molecule has 0 unspecified atom stereocenters. The molecule has 1 saturated heterocycles. The first kappa shape index (κ1) is 21.5. The first-order valence-electron chi connectivity index (χ1n) is 9.71. The van der Waals surface area contributed by atoms with E-state index in [-0.39, 0.29) is 18.4 Å². The minimum atomic E-state index is -0.769. The van der Waals surface area contributed by atoms with Gasteiger partial charge in [0.2, 0.25) is 5.91 Å². The number of carbonyl (C=O) groups excluding carboxylic acids is 3. The number of nitrogens with zero attached hydrogens (tertiary/aromatic N) is 1. The predicted molar refractivity (Wildman–Crippen MR) is 105 cm³/mol. The summed E-state index contributed by atoms with van der Waals surface area (Å²) in [4.78, 5) is 37.4.